The highest BCUT2D eigenvalue weighted by atomic mass is 16.3. The Hall–Kier alpha value is -0.660. The Morgan fingerprint density at radius 1 is 1.67 bits per heavy atom. The summed E-state index contributed by atoms with van der Waals surface area (Å²) in [6, 6.07) is 0. The van der Waals surface area contributed by atoms with Crippen LogP contribution in [0, 0.1) is 5.92 Å². The van der Waals surface area contributed by atoms with Crippen molar-refractivity contribution in [2.45, 2.75) is 26.5 Å². The first-order chi connectivity index (χ1) is 4.16. The molecule has 3 heteroatoms. The first kappa shape index (κ1) is 8.34. The number of aliphatic imine (C=N–C) groups is 1. The number of hydrogen-bond acceptors (Lipinski definition) is 3. The standard InChI is InChI=1S/C6H11NO2/c1-5(2)3-6(9)7-4-8/h5-6,9H,3H2,1-2H3. The minimum atomic E-state index is -0.859. The van der Waals surface area contributed by atoms with Gasteiger partial charge in [0.05, 0.1) is 0 Å². The summed E-state index contributed by atoms with van der Waals surface area (Å²) < 4.78 is 0. The Morgan fingerprint density at radius 3 is 2.56 bits per heavy atom. The summed E-state index contributed by atoms with van der Waals surface area (Å²) in [5, 5.41) is 8.79. The fourth-order valence-electron chi connectivity index (χ4n) is 0.535. The molecule has 3 nitrogen and oxygen atoms in total. The second-order valence-corrected chi connectivity index (χ2v) is 2.33. The summed E-state index contributed by atoms with van der Waals surface area (Å²) in [6.07, 6.45) is 0.962. The van der Waals surface area contributed by atoms with Gasteiger partial charge in [-0.2, -0.15) is 4.99 Å². The number of isocyanates is 1. The van der Waals surface area contributed by atoms with Crippen LogP contribution < -0.4 is 0 Å². The van der Waals surface area contributed by atoms with Crippen molar-refractivity contribution in [3.05, 3.63) is 0 Å². The Bertz CT molecular complexity index is 116. The number of carbonyl (C=O) groups excluding carboxylic acids is 1. The quantitative estimate of drug-likeness (QED) is 0.450. The average Bonchev–Trinajstić information content (AvgIpc) is 1.63. The van der Waals surface area contributed by atoms with Crippen molar-refractivity contribution >= 4 is 6.08 Å². The second kappa shape index (κ2) is 4.24. The van der Waals surface area contributed by atoms with Gasteiger partial charge in [0, 0.05) is 0 Å². The molecular weight excluding hydrogens is 118 g/mol. The van der Waals surface area contributed by atoms with Gasteiger partial charge in [-0.15, -0.1) is 0 Å². The van der Waals surface area contributed by atoms with Crippen LogP contribution in [0.2, 0.25) is 0 Å². The van der Waals surface area contributed by atoms with Gasteiger partial charge in [-0.3, -0.25) is 0 Å². The molecule has 0 rings (SSSR count). The number of rotatable bonds is 3. The highest BCUT2D eigenvalue weighted by Crippen LogP contribution is 2.03. The van der Waals surface area contributed by atoms with Gasteiger partial charge < -0.3 is 5.11 Å². The van der Waals surface area contributed by atoms with Gasteiger partial charge in [0.15, 0.2) is 6.23 Å². The summed E-state index contributed by atoms with van der Waals surface area (Å²) in [5.41, 5.74) is 0. The van der Waals surface area contributed by atoms with Gasteiger partial charge in [-0.25, -0.2) is 4.79 Å². The largest absolute Gasteiger partial charge is 0.371 e. The molecule has 0 spiro atoms. The molecule has 1 atom stereocenters. The van der Waals surface area contributed by atoms with Crippen LogP contribution in [0.5, 0.6) is 0 Å². The summed E-state index contributed by atoms with van der Waals surface area (Å²) in [5.74, 6) is 0.358. The van der Waals surface area contributed by atoms with Gasteiger partial charge in [0.25, 0.3) is 0 Å². The number of aliphatic hydroxyl groups excluding tert-OH is 1. The highest BCUT2D eigenvalue weighted by Gasteiger charge is 2.02. The lowest BCUT2D eigenvalue weighted by Crippen LogP contribution is -2.05. The Kier molecular flexibility index (Phi) is 3.93. The van der Waals surface area contributed by atoms with Crippen LogP contribution >= 0.6 is 0 Å². The highest BCUT2D eigenvalue weighted by molar-refractivity contribution is 5.33. The maximum absolute atomic E-state index is 9.55. The van der Waals surface area contributed by atoms with Crippen molar-refractivity contribution in [1.82, 2.24) is 0 Å². The maximum Gasteiger partial charge on any atom is 0.237 e. The smallest absolute Gasteiger partial charge is 0.237 e. The van der Waals surface area contributed by atoms with Gasteiger partial charge in [-0.1, -0.05) is 13.8 Å². The Morgan fingerprint density at radius 2 is 2.22 bits per heavy atom. The molecule has 0 heterocycles. The minimum Gasteiger partial charge on any atom is -0.371 e. The fraction of sp³-hybridized carbons (Fsp3) is 0.833. The number of nitrogens with zero attached hydrogens (tertiary/aromatic N) is 1. The molecule has 0 aliphatic carbocycles. The average molecular weight is 129 g/mol. The van der Waals surface area contributed by atoms with E-state index in [9.17, 15) is 4.79 Å². The third-order valence-electron chi connectivity index (χ3n) is 0.884. The molecule has 52 valence electrons. The van der Waals surface area contributed by atoms with E-state index in [2.05, 4.69) is 4.99 Å². The lowest BCUT2D eigenvalue weighted by atomic mass is 10.1. The zero-order valence-corrected chi connectivity index (χ0v) is 5.66. The van der Waals surface area contributed by atoms with E-state index in [4.69, 9.17) is 5.11 Å². The van der Waals surface area contributed by atoms with Crippen molar-refractivity contribution in [2.75, 3.05) is 0 Å². The molecule has 0 aromatic carbocycles. The van der Waals surface area contributed by atoms with Crippen LogP contribution in [0.1, 0.15) is 20.3 Å². The third kappa shape index (κ3) is 5.21. The van der Waals surface area contributed by atoms with E-state index < -0.39 is 6.23 Å². The maximum atomic E-state index is 9.55. The second-order valence-electron chi connectivity index (χ2n) is 2.33. The van der Waals surface area contributed by atoms with Crippen LogP contribution in [0.3, 0.4) is 0 Å². The summed E-state index contributed by atoms with van der Waals surface area (Å²) in [7, 11) is 0. The molecule has 0 fully saturated rings. The fourth-order valence-corrected chi connectivity index (χ4v) is 0.535. The molecule has 0 saturated carbocycles. The molecule has 9 heavy (non-hydrogen) atoms. The SMILES string of the molecule is CC(C)CC(O)N=C=O. The van der Waals surface area contributed by atoms with Crippen molar-refractivity contribution in [3.63, 3.8) is 0 Å². The molecule has 0 aromatic heterocycles. The van der Waals surface area contributed by atoms with Gasteiger partial charge in [0.2, 0.25) is 6.08 Å². The normalized spacial score (nSPS) is 12.9. The van der Waals surface area contributed by atoms with Crippen LogP contribution in [0.25, 0.3) is 0 Å². The lowest BCUT2D eigenvalue weighted by molar-refractivity contribution is 0.158. The molecule has 0 aliphatic rings. The van der Waals surface area contributed by atoms with E-state index in [-0.39, 0.29) is 0 Å². The van der Waals surface area contributed by atoms with Crippen LogP contribution in [0.4, 0.5) is 0 Å². The monoisotopic (exact) mass is 129 g/mol. The lowest BCUT2D eigenvalue weighted by Gasteiger charge is -2.04. The first-order valence-corrected chi connectivity index (χ1v) is 2.92. The topological polar surface area (TPSA) is 49.7 Å². The molecule has 1 N–H and O–H groups in total. The Labute approximate surface area is 54.4 Å². The third-order valence-corrected chi connectivity index (χ3v) is 0.884. The summed E-state index contributed by atoms with van der Waals surface area (Å²) in [4.78, 5) is 12.7. The van der Waals surface area contributed by atoms with E-state index in [1.807, 2.05) is 13.8 Å². The van der Waals surface area contributed by atoms with E-state index in [0.717, 1.165) is 0 Å². The van der Waals surface area contributed by atoms with Crippen LogP contribution in [-0.4, -0.2) is 17.4 Å². The van der Waals surface area contributed by atoms with E-state index in [0.29, 0.717) is 12.3 Å². The van der Waals surface area contributed by atoms with Crippen molar-refractivity contribution in [3.8, 4) is 0 Å². The first-order valence-electron chi connectivity index (χ1n) is 2.92. The van der Waals surface area contributed by atoms with Crippen LogP contribution in [0.15, 0.2) is 4.99 Å². The van der Waals surface area contributed by atoms with Crippen molar-refractivity contribution in [1.29, 1.82) is 0 Å². The number of aliphatic hydroxyl groups is 1. The van der Waals surface area contributed by atoms with Gasteiger partial charge in [0.1, 0.15) is 0 Å². The molecule has 0 saturated heterocycles. The molecule has 0 aliphatic heterocycles. The zero-order chi connectivity index (χ0) is 7.28. The Balaban J connectivity index is 3.49. The number of hydrogen-bond donors (Lipinski definition) is 1. The summed E-state index contributed by atoms with van der Waals surface area (Å²) >= 11 is 0. The molecule has 1 unspecified atom stereocenters. The summed E-state index contributed by atoms with van der Waals surface area (Å²) in [6.45, 7) is 3.90. The van der Waals surface area contributed by atoms with Crippen LogP contribution in [-0.2, 0) is 4.79 Å². The minimum absolute atomic E-state index is 0.358. The molecule has 0 bridgehead atoms. The zero-order valence-electron chi connectivity index (χ0n) is 5.66. The van der Waals surface area contributed by atoms with Gasteiger partial charge >= 0.3 is 0 Å². The molecular formula is C6H11NO2. The van der Waals surface area contributed by atoms with Crippen molar-refractivity contribution in [2.24, 2.45) is 10.9 Å². The predicted octanol–water partition coefficient (Wildman–Crippen LogP) is 0.687. The predicted molar refractivity (Wildman–Crippen MR) is 33.6 cm³/mol. The van der Waals surface area contributed by atoms with E-state index >= 15 is 0 Å². The molecule has 0 amide bonds. The van der Waals surface area contributed by atoms with E-state index in [1.54, 1.807) is 0 Å². The van der Waals surface area contributed by atoms with E-state index in [1.165, 1.54) is 6.08 Å². The van der Waals surface area contributed by atoms with Gasteiger partial charge in [-0.05, 0) is 12.3 Å². The van der Waals surface area contributed by atoms with Crippen molar-refractivity contribution < 1.29 is 9.90 Å². The molecule has 0 aromatic rings. The molecule has 0 radical (unpaired) electrons.